The number of unbranched alkanes of at least 4 members (excludes halogenated alkanes) is 18. The minimum Gasteiger partial charge on any atom is -0.632 e. The third kappa shape index (κ3) is 29.9. The lowest BCUT2D eigenvalue weighted by Gasteiger charge is -2.41. The van der Waals surface area contributed by atoms with Crippen LogP contribution in [0.3, 0.4) is 0 Å². The smallest absolute Gasteiger partial charge is 0.224 e. The summed E-state index contributed by atoms with van der Waals surface area (Å²) >= 11 is 0. The highest BCUT2D eigenvalue weighted by Gasteiger charge is 2.19. The molecule has 250 valence electrons. The second-order valence-electron chi connectivity index (χ2n) is 12.4. The molecule has 0 saturated carbocycles. The molecule has 0 saturated heterocycles. The summed E-state index contributed by atoms with van der Waals surface area (Å²) in [7, 11) is 3.15. The number of rotatable bonds is 28. The maximum absolute atomic E-state index is 11.8. The van der Waals surface area contributed by atoms with Crippen LogP contribution in [-0.4, -0.2) is 42.9 Å². The summed E-state index contributed by atoms with van der Waals surface area (Å²) < 4.78 is -0.458. The van der Waals surface area contributed by atoms with E-state index in [2.05, 4.69) is 29.7 Å². The molecule has 8 nitrogen and oxygen atoms in total. The van der Waals surface area contributed by atoms with Gasteiger partial charge in [0.25, 0.3) is 0 Å². The van der Waals surface area contributed by atoms with Gasteiger partial charge in [-0.3, -0.25) is 9.59 Å². The van der Waals surface area contributed by atoms with Gasteiger partial charge in [-0.25, -0.2) is 0 Å². The van der Waals surface area contributed by atoms with Gasteiger partial charge in [0, 0.05) is 19.3 Å². The van der Waals surface area contributed by atoms with E-state index in [4.69, 9.17) is 0 Å². The summed E-state index contributed by atoms with van der Waals surface area (Å²) in [6.45, 7) is 8.26. The van der Waals surface area contributed by atoms with Crippen LogP contribution in [0.5, 0.6) is 0 Å². The molecule has 42 heavy (non-hydrogen) atoms. The van der Waals surface area contributed by atoms with Crippen molar-refractivity contribution in [1.29, 1.82) is 0 Å². The largest absolute Gasteiger partial charge is 0.632 e. The fourth-order valence-corrected chi connectivity index (χ4v) is 4.96. The number of amides is 2. The monoisotopic (exact) mass is 599 g/mol. The Balaban J connectivity index is 0. The minimum absolute atomic E-state index is 0.0202. The number of carbonyl (C=O) groups excluding carboxylic acids is 2. The lowest BCUT2D eigenvalue weighted by molar-refractivity contribution is -0.869. The van der Waals surface area contributed by atoms with Crippen molar-refractivity contribution in [2.45, 2.75) is 194 Å². The Hall–Kier alpha value is -1.54. The van der Waals surface area contributed by atoms with Crippen molar-refractivity contribution in [2.75, 3.05) is 14.1 Å². The minimum atomic E-state index is -0.551. The molecule has 0 heterocycles. The number of nitroso groups, excluding NO2 is 1. The van der Waals surface area contributed by atoms with E-state index in [1.807, 2.05) is 13.8 Å². The Morgan fingerprint density at radius 2 is 0.905 bits per heavy atom. The molecule has 2 amide bonds. The fraction of sp³-hybridized carbons (Fsp3) is 0.941. The molecule has 0 aromatic carbocycles. The van der Waals surface area contributed by atoms with Crippen molar-refractivity contribution >= 4 is 11.8 Å². The van der Waals surface area contributed by atoms with Crippen molar-refractivity contribution in [1.82, 2.24) is 10.6 Å². The second kappa shape index (κ2) is 30.9. The zero-order valence-corrected chi connectivity index (χ0v) is 28.7. The molecule has 0 aliphatic heterocycles. The third-order valence-electron chi connectivity index (χ3n) is 7.82. The predicted octanol–water partition coefficient (Wildman–Crippen LogP) is 9.64. The molecule has 0 aliphatic carbocycles. The van der Waals surface area contributed by atoms with Gasteiger partial charge in [-0.1, -0.05) is 143 Å². The van der Waals surface area contributed by atoms with Crippen LogP contribution in [0.1, 0.15) is 182 Å². The Labute approximate surface area is 260 Å². The molecule has 8 heteroatoms. The molecule has 0 radical (unpaired) electrons. The van der Waals surface area contributed by atoms with Crippen molar-refractivity contribution in [3.8, 4) is 0 Å². The SMILES string of the molecule is CCCCCCCCCCCC(=O)NC(CC)[N+](C)(C)[O-].CCCCCCCCCCCCCC(=O)NC(CC)N=O. The van der Waals surface area contributed by atoms with Gasteiger partial charge in [0.2, 0.25) is 11.8 Å². The molecule has 0 fully saturated rings. The quantitative estimate of drug-likeness (QED) is 0.0307. The van der Waals surface area contributed by atoms with Crippen LogP contribution >= 0.6 is 0 Å². The number of carbonyl (C=O) groups is 2. The van der Waals surface area contributed by atoms with Crippen LogP contribution in [0.15, 0.2) is 5.18 Å². The summed E-state index contributed by atoms with van der Waals surface area (Å²) in [5, 5.41) is 20.2. The van der Waals surface area contributed by atoms with E-state index in [0.29, 0.717) is 25.7 Å². The van der Waals surface area contributed by atoms with Crippen LogP contribution in [-0.2, 0) is 9.59 Å². The first-order valence-corrected chi connectivity index (χ1v) is 17.6. The average Bonchev–Trinajstić information content (AvgIpc) is 2.96. The molecule has 0 rings (SSSR count). The number of hydrogen-bond acceptors (Lipinski definition) is 5. The highest BCUT2D eigenvalue weighted by Crippen LogP contribution is 2.13. The number of hydrogen-bond donors (Lipinski definition) is 2. The number of hydroxylamine groups is 3. The Morgan fingerprint density at radius 3 is 1.19 bits per heavy atom. The highest BCUT2D eigenvalue weighted by molar-refractivity contribution is 5.76. The zero-order chi connectivity index (χ0) is 31.9. The molecular weight excluding hydrogens is 528 g/mol. The topological polar surface area (TPSA) is 111 Å². The van der Waals surface area contributed by atoms with Gasteiger partial charge in [0.15, 0.2) is 12.3 Å². The summed E-state index contributed by atoms with van der Waals surface area (Å²) in [6.07, 6.45) is 26.7. The van der Waals surface area contributed by atoms with Crippen LogP contribution in [0, 0.1) is 10.1 Å². The molecule has 0 bridgehead atoms. The van der Waals surface area contributed by atoms with Gasteiger partial charge in [0.05, 0.1) is 14.1 Å². The molecule has 2 atom stereocenters. The standard InChI is InChI=1S/C17H36N2O2.C17H34N2O2/c1-5-7-8-9-10-11-12-13-14-15-17(20)18-16(6-2)19(3,4)21;1-3-5-6-7-8-9-10-11-12-13-14-15-17(20)18-16(4-2)19-21/h16H,5-15H2,1-4H3,(H,18,20);16H,3-15H2,1-2H3,(H,18,20). The Kier molecular flexibility index (Phi) is 31.3. The first-order chi connectivity index (χ1) is 20.2. The second-order valence-corrected chi connectivity index (χ2v) is 12.4. The lowest BCUT2D eigenvalue weighted by Crippen LogP contribution is -2.53. The van der Waals surface area contributed by atoms with Gasteiger partial charge in [-0.15, -0.1) is 4.91 Å². The van der Waals surface area contributed by atoms with Crippen LogP contribution in [0.25, 0.3) is 0 Å². The van der Waals surface area contributed by atoms with E-state index in [-0.39, 0.29) is 18.0 Å². The van der Waals surface area contributed by atoms with E-state index in [9.17, 15) is 19.7 Å². The highest BCUT2D eigenvalue weighted by atomic mass is 16.5. The summed E-state index contributed by atoms with van der Waals surface area (Å²) in [5.74, 6) is -0.0239. The van der Waals surface area contributed by atoms with Crippen LogP contribution < -0.4 is 10.6 Å². The van der Waals surface area contributed by atoms with E-state index < -0.39 is 10.8 Å². The van der Waals surface area contributed by atoms with Gasteiger partial charge in [-0.05, 0) is 24.4 Å². The first-order valence-electron chi connectivity index (χ1n) is 17.6. The molecule has 2 unspecified atom stereocenters. The number of nitrogens with one attached hydrogen (secondary N) is 2. The van der Waals surface area contributed by atoms with Gasteiger partial charge >= 0.3 is 0 Å². The number of nitrogens with zero attached hydrogens (tertiary/aromatic N) is 2. The third-order valence-corrected chi connectivity index (χ3v) is 7.82. The van der Waals surface area contributed by atoms with Crippen LogP contribution in [0.2, 0.25) is 0 Å². The average molecular weight is 599 g/mol. The maximum atomic E-state index is 11.8. The lowest BCUT2D eigenvalue weighted by atomic mass is 10.1. The zero-order valence-electron chi connectivity index (χ0n) is 28.7. The van der Waals surface area contributed by atoms with Crippen molar-refractivity contribution in [2.24, 2.45) is 5.18 Å². The van der Waals surface area contributed by atoms with E-state index >= 15 is 0 Å². The first kappa shape index (κ1) is 42.6. The van der Waals surface area contributed by atoms with E-state index in [1.165, 1.54) is 103 Å². The van der Waals surface area contributed by atoms with Crippen molar-refractivity contribution in [3.63, 3.8) is 0 Å². The number of quaternary nitrogens is 1. The van der Waals surface area contributed by atoms with Crippen molar-refractivity contribution < 1.29 is 14.2 Å². The molecular formula is C34H70N4O4. The van der Waals surface area contributed by atoms with Crippen molar-refractivity contribution in [3.05, 3.63) is 10.1 Å². The van der Waals surface area contributed by atoms with Gasteiger partial charge < -0.3 is 20.5 Å². The Bertz CT molecular complexity index is 625. The van der Waals surface area contributed by atoms with Gasteiger partial charge in [0.1, 0.15) is 0 Å². The van der Waals surface area contributed by atoms with E-state index in [1.54, 1.807) is 14.1 Å². The summed E-state index contributed by atoms with van der Waals surface area (Å²) in [5.41, 5.74) is 0. The molecule has 0 aliphatic rings. The fourth-order valence-electron chi connectivity index (χ4n) is 4.96. The molecule has 0 aromatic heterocycles. The predicted molar refractivity (Wildman–Crippen MR) is 179 cm³/mol. The summed E-state index contributed by atoms with van der Waals surface area (Å²) in [4.78, 5) is 33.7. The molecule has 0 spiro atoms. The van der Waals surface area contributed by atoms with Crippen LogP contribution in [0.4, 0.5) is 0 Å². The van der Waals surface area contributed by atoms with Gasteiger partial charge in [-0.2, -0.15) is 0 Å². The normalized spacial score (nSPS) is 12.6. The maximum Gasteiger partial charge on any atom is 0.224 e. The summed E-state index contributed by atoms with van der Waals surface area (Å²) in [6, 6.07) is 0. The Morgan fingerprint density at radius 1 is 0.571 bits per heavy atom. The van der Waals surface area contributed by atoms with E-state index in [0.717, 1.165) is 25.7 Å². The molecule has 2 N–H and O–H groups in total. The molecule has 0 aromatic rings.